The summed E-state index contributed by atoms with van der Waals surface area (Å²) in [5, 5.41) is 2.47. The maximum Gasteiger partial charge on any atom is 0.123 e. The molecule has 0 saturated carbocycles. The lowest BCUT2D eigenvalue weighted by molar-refractivity contribution is 1.29. The highest BCUT2D eigenvalue weighted by atomic mass is 15.0. The quantitative estimate of drug-likeness (QED) is 0.243. The van der Waals surface area contributed by atoms with Crippen LogP contribution < -0.4 is 0 Å². The minimum absolute atomic E-state index is 1.11. The van der Waals surface area contributed by atoms with E-state index in [-0.39, 0.29) is 0 Å². The number of imidazole rings is 1. The Bertz CT molecular complexity index is 2120. The van der Waals surface area contributed by atoms with E-state index in [4.69, 9.17) is 0 Å². The van der Waals surface area contributed by atoms with Crippen LogP contribution in [0.15, 0.2) is 152 Å². The number of para-hydroxylation sites is 2. The van der Waals surface area contributed by atoms with Gasteiger partial charge in [-0.1, -0.05) is 133 Å². The monoisotopic (exact) mass is 510 g/mol. The molecule has 0 aliphatic rings. The third kappa shape index (κ3) is 3.43. The van der Waals surface area contributed by atoms with Gasteiger partial charge in [-0.05, 0) is 51.1 Å². The molecule has 2 heterocycles. The van der Waals surface area contributed by atoms with E-state index in [0.717, 1.165) is 11.2 Å². The normalized spacial score (nSPS) is 11.5. The maximum atomic E-state index is 3.79. The summed E-state index contributed by atoms with van der Waals surface area (Å²) in [6, 6.07) is 52.0. The molecule has 0 saturated heterocycles. The number of aromatic amines is 1. The highest BCUT2D eigenvalue weighted by molar-refractivity contribution is 6.23. The molecule has 1 N–H and O–H groups in total. The molecular formula is C38H26N2. The lowest BCUT2D eigenvalue weighted by atomic mass is 9.80. The highest BCUT2D eigenvalue weighted by Gasteiger charge is 2.26. The number of aromatic nitrogens is 2. The third-order valence-electron chi connectivity index (χ3n) is 7.94. The first-order valence-electron chi connectivity index (χ1n) is 13.7. The van der Waals surface area contributed by atoms with Gasteiger partial charge in [-0.25, -0.2) is 0 Å². The van der Waals surface area contributed by atoms with Gasteiger partial charge in [0.2, 0.25) is 0 Å². The molecule has 2 aromatic heterocycles. The Morgan fingerprint density at radius 1 is 0.400 bits per heavy atom. The second-order valence-electron chi connectivity index (χ2n) is 10.2. The zero-order chi connectivity index (χ0) is 26.5. The third-order valence-corrected chi connectivity index (χ3v) is 7.94. The van der Waals surface area contributed by atoms with Crippen molar-refractivity contribution in [3.05, 3.63) is 152 Å². The molecule has 0 radical (unpaired) electrons. The van der Waals surface area contributed by atoms with Crippen LogP contribution in [0.1, 0.15) is 0 Å². The Kier molecular flexibility index (Phi) is 5.17. The van der Waals surface area contributed by atoms with Crippen molar-refractivity contribution < 1.29 is 0 Å². The van der Waals surface area contributed by atoms with E-state index in [2.05, 4.69) is 161 Å². The molecule has 8 rings (SSSR count). The molecule has 40 heavy (non-hydrogen) atoms. The van der Waals surface area contributed by atoms with Crippen molar-refractivity contribution in [1.29, 1.82) is 0 Å². The minimum atomic E-state index is 1.11. The standard InChI is InChI=1S/C38H26N2/c1-5-15-26(16-6-1)33-30-25-40-32-24-14-13-23-31(32)39-38(40)37(30)36(29-21-11-4-12-22-29)35(28-19-9-3-10-20-28)34(33)27-17-7-2-8-18-27/h1-25,39H. The lowest BCUT2D eigenvalue weighted by Gasteiger charge is -2.22. The Morgan fingerprint density at radius 2 is 0.825 bits per heavy atom. The first kappa shape index (κ1) is 22.6. The number of nitrogens with zero attached hydrogens (tertiary/aromatic N) is 1. The van der Waals surface area contributed by atoms with Crippen LogP contribution in [0.25, 0.3) is 72.0 Å². The molecular weight excluding hydrogens is 484 g/mol. The number of H-pyrrole nitrogens is 1. The van der Waals surface area contributed by atoms with E-state index in [9.17, 15) is 0 Å². The number of rotatable bonds is 4. The summed E-state index contributed by atoms with van der Waals surface area (Å²) in [6.07, 6.45) is 2.33. The fourth-order valence-electron chi connectivity index (χ4n) is 6.27. The smallest absolute Gasteiger partial charge is 0.123 e. The van der Waals surface area contributed by atoms with Crippen LogP contribution in [0.4, 0.5) is 0 Å². The van der Waals surface area contributed by atoms with Crippen LogP contribution in [0.3, 0.4) is 0 Å². The number of hydrogen-bond acceptors (Lipinski definition) is 0. The average Bonchev–Trinajstić information content (AvgIpc) is 3.58. The van der Waals surface area contributed by atoms with Gasteiger partial charge in [0.05, 0.1) is 11.0 Å². The predicted octanol–water partition coefficient (Wildman–Crippen LogP) is 10.2. The van der Waals surface area contributed by atoms with Crippen molar-refractivity contribution >= 4 is 27.5 Å². The second-order valence-corrected chi connectivity index (χ2v) is 10.2. The first-order chi connectivity index (χ1) is 19.9. The number of benzene rings is 6. The molecule has 0 atom stereocenters. The van der Waals surface area contributed by atoms with Gasteiger partial charge in [0.15, 0.2) is 0 Å². The molecule has 0 spiro atoms. The Morgan fingerprint density at radius 3 is 1.38 bits per heavy atom. The van der Waals surface area contributed by atoms with Crippen LogP contribution in [-0.2, 0) is 0 Å². The second kappa shape index (κ2) is 9.14. The summed E-state index contributed by atoms with van der Waals surface area (Å²) < 4.78 is 2.34. The van der Waals surface area contributed by atoms with Gasteiger partial charge in [0, 0.05) is 22.5 Å². The molecule has 0 aliphatic heterocycles. The maximum absolute atomic E-state index is 3.79. The predicted molar refractivity (Wildman–Crippen MR) is 169 cm³/mol. The zero-order valence-electron chi connectivity index (χ0n) is 21.9. The van der Waals surface area contributed by atoms with E-state index < -0.39 is 0 Å². The van der Waals surface area contributed by atoms with E-state index in [0.29, 0.717) is 0 Å². The van der Waals surface area contributed by atoms with Gasteiger partial charge in [-0.2, -0.15) is 0 Å². The molecule has 0 fully saturated rings. The number of nitrogens with one attached hydrogen (secondary N) is 1. The first-order valence-corrected chi connectivity index (χ1v) is 13.7. The fourth-order valence-corrected chi connectivity index (χ4v) is 6.27. The van der Waals surface area contributed by atoms with Crippen LogP contribution >= 0.6 is 0 Å². The average molecular weight is 511 g/mol. The molecule has 188 valence electrons. The SMILES string of the molecule is c1ccc(-c2c(-c3ccccc3)c(-c3ccccc3)c3c(cn4c5ccccc5[nH]c34)c2-c2ccccc2)cc1. The Hall–Kier alpha value is -5.34. The Balaban J connectivity index is 1.70. The largest absolute Gasteiger partial charge is 0.339 e. The van der Waals surface area contributed by atoms with Gasteiger partial charge in [0.1, 0.15) is 5.65 Å². The molecule has 0 aliphatic carbocycles. The summed E-state index contributed by atoms with van der Waals surface area (Å²) in [6.45, 7) is 0. The fraction of sp³-hybridized carbons (Fsp3) is 0. The summed E-state index contributed by atoms with van der Waals surface area (Å²) in [7, 11) is 0. The molecule has 2 heteroatoms. The molecule has 0 amide bonds. The van der Waals surface area contributed by atoms with E-state index in [1.807, 2.05) is 0 Å². The lowest BCUT2D eigenvalue weighted by Crippen LogP contribution is -1.96. The van der Waals surface area contributed by atoms with Crippen LogP contribution in [0, 0.1) is 0 Å². The molecule has 6 aromatic carbocycles. The topological polar surface area (TPSA) is 20.2 Å². The minimum Gasteiger partial charge on any atom is -0.339 e. The van der Waals surface area contributed by atoms with E-state index in [1.165, 1.54) is 60.8 Å². The Labute approximate surface area is 232 Å². The van der Waals surface area contributed by atoms with Crippen molar-refractivity contribution in [1.82, 2.24) is 9.38 Å². The molecule has 2 nitrogen and oxygen atoms in total. The molecule has 0 bridgehead atoms. The molecule has 0 unspecified atom stereocenters. The van der Waals surface area contributed by atoms with Crippen molar-refractivity contribution in [2.75, 3.05) is 0 Å². The highest BCUT2D eigenvalue weighted by Crippen LogP contribution is 2.52. The van der Waals surface area contributed by atoms with Crippen molar-refractivity contribution in [2.24, 2.45) is 0 Å². The van der Waals surface area contributed by atoms with Crippen LogP contribution in [0.2, 0.25) is 0 Å². The van der Waals surface area contributed by atoms with Crippen LogP contribution in [0.5, 0.6) is 0 Å². The summed E-state index contributed by atoms with van der Waals surface area (Å²) in [5.41, 5.74) is 13.2. The van der Waals surface area contributed by atoms with E-state index >= 15 is 0 Å². The van der Waals surface area contributed by atoms with E-state index in [1.54, 1.807) is 0 Å². The number of hydrogen-bond donors (Lipinski definition) is 1. The van der Waals surface area contributed by atoms with Gasteiger partial charge < -0.3 is 9.38 Å². The van der Waals surface area contributed by atoms with Gasteiger partial charge in [0.25, 0.3) is 0 Å². The van der Waals surface area contributed by atoms with Crippen molar-refractivity contribution in [3.8, 4) is 44.5 Å². The summed E-state index contributed by atoms with van der Waals surface area (Å²) in [4.78, 5) is 3.79. The van der Waals surface area contributed by atoms with Gasteiger partial charge in [-0.3, -0.25) is 0 Å². The molecule has 8 aromatic rings. The van der Waals surface area contributed by atoms with Crippen molar-refractivity contribution in [2.45, 2.75) is 0 Å². The summed E-state index contributed by atoms with van der Waals surface area (Å²) >= 11 is 0. The summed E-state index contributed by atoms with van der Waals surface area (Å²) in [5.74, 6) is 0. The van der Waals surface area contributed by atoms with Gasteiger partial charge in [-0.15, -0.1) is 0 Å². The van der Waals surface area contributed by atoms with Gasteiger partial charge >= 0.3 is 0 Å². The number of fused-ring (bicyclic) bond motifs is 5. The van der Waals surface area contributed by atoms with Crippen LogP contribution in [-0.4, -0.2) is 9.38 Å². The van der Waals surface area contributed by atoms with Crippen molar-refractivity contribution in [3.63, 3.8) is 0 Å². The zero-order valence-corrected chi connectivity index (χ0v) is 21.9.